The topological polar surface area (TPSA) is 62.0 Å². The molecule has 0 spiro atoms. The summed E-state index contributed by atoms with van der Waals surface area (Å²) >= 11 is 0. The summed E-state index contributed by atoms with van der Waals surface area (Å²) in [6.07, 6.45) is 3.43. The van der Waals surface area contributed by atoms with E-state index in [1.54, 1.807) is 18.5 Å². The summed E-state index contributed by atoms with van der Waals surface area (Å²) in [5.74, 6) is -1.01. The Labute approximate surface area is 158 Å². The number of hydrogen-bond acceptors (Lipinski definition) is 3. The molecule has 0 amide bonds. The number of carboxylic acid groups (broad SMARTS) is 1. The van der Waals surface area contributed by atoms with Crippen LogP contribution in [0.4, 0.5) is 11.4 Å². The highest BCUT2D eigenvalue weighted by Crippen LogP contribution is 2.24. The van der Waals surface area contributed by atoms with E-state index in [0.29, 0.717) is 11.4 Å². The van der Waals surface area contributed by atoms with Gasteiger partial charge in [0.05, 0.1) is 16.9 Å². The van der Waals surface area contributed by atoms with Crippen LogP contribution in [0.1, 0.15) is 32.6 Å². The first-order valence-corrected chi connectivity index (χ1v) is 8.59. The number of hydrogen-bond donors (Lipinski definition) is 1. The molecule has 3 aromatic carbocycles. The van der Waals surface area contributed by atoms with E-state index in [2.05, 4.69) is 9.98 Å². The van der Waals surface area contributed by atoms with Crippen molar-refractivity contribution >= 4 is 29.8 Å². The normalized spacial score (nSPS) is 11.3. The van der Waals surface area contributed by atoms with E-state index in [4.69, 9.17) is 0 Å². The number of aryl methyl sites for hydroxylation is 2. The number of rotatable bonds is 5. The Bertz CT molecular complexity index is 928. The minimum Gasteiger partial charge on any atom is -0.478 e. The molecule has 0 aliphatic heterocycles. The second kappa shape index (κ2) is 8.23. The third-order valence-electron chi connectivity index (χ3n) is 4.03. The zero-order chi connectivity index (χ0) is 19.2. The van der Waals surface area contributed by atoms with Gasteiger partial charge in [-0.1, -0.05) is 59.7 Å². The van der Waals surface area contributed by atoms with E-state index in [1.165, 1.54) is 23.3 Å². The molecule has 1 N–H and O–H groups in total. The number of carboxylic acids is 1. The molecule has 0 heterocycles. The molecule has 3 rings (SSSR count). The Morgan fingerprint density at radius 2 is 1.15 bits per heavy atom. The van der Waals surface area contributed by atoms with Crippen LogP contribution in [-0.2, 0) is 0 Å². The molecule has 0 saturated carbocycles. The second-order valence-electron chi connectivity index (χ2n) is 6.38. The van der Waals surface area contributed by atoms with Crippen molar-refractivity contribution in [2.45, 2.75) is 13.8 Å². The predicted molar refractivity (Wildman–Crippen MR) is 110 cm³/mol. The van der Waals surface area contributed by atoms with Crippen LogP contribution in [0, 0.1) is 13.8 Å². The zero-order valence-corrected chi connectivity index (χ0v) is 15.3. The van der Waals surface area contributed by atoms with Gasteiger partial charge in [-0.2, -0.15) is 0 Å². The summed E-state index contributed by atoms with van der Waals surface area (Å²) in [4.78, 5) is 20.3. The molecule has 0 aliphatic carbocycles. The Hall–Kier alpha value is -3.53. The van der Waals surface area contributed by atoms with Crippen LogP contribution in [-0.4, -0.2) is 23.5 Å². The molecular formula is C23H20N2O2. The van der Waals surface area contributed by atoms with Gasteiger partial charge >= 0.3 is 5.97 Å². The van der Waals surface area contributed by atoms with Gasteiger partial charge in [-0.05, 0) is 43.2 Å². The molecule has 4 heteroatoms. The fraction of sp³-hybridized carbons (Fsp3) is 0.0870. The van der Waals surface area contributed by atoms with Gasteiger partial charge < -0.3 is 5.11 Å². The van der Waals surface area contributed by atoms with Gasteiger partial charge in [-0.25, -0.2) is 4.79 Å². The largest absolute Gasteiger partial charge is 0.478 e. The molecular weight excluding hydrogens is 336 g/mol. The molecule has 3 aromatic rings. The summed E-state index contributed by atoms with van der Waals surface area (Å²) in [6, 6.07) is 20.7. The van der Waals surface area contributed by atoms with Gasteiger partial charge in [0.25, 0.3) is 0 Å². The molecule has 4 nitrogen and oxygen atoms in total. The van der Waals surface area contributed by atoms with Gasteiger partial charge in [0, 0.05) is 12.4 Å². The summed E-state index contributed by atoms with van der Waals surface area (Å²) < 4.78 is 0. The van der Waals surface area contributed by atoms with E-state index in [-0.39, 0.29) is 5.56 Å². The van der Waals surface area contributed by atoms with E-state index in [1.807, 2.05) is 62.4 Å². The van der Waals surface area contributed by atoms with Crippen LogP contribution in [0.3, 0.4) is 0 Å². The average molecular weight is 356 g/mol. The highest BCUT2D eigenvalue weighted by atomic mass is 16.4. The van der Waals surface area contributed by atoms with Crippen molar-refractivity contribution in [2.24, 2.45) is 9.98 Å². The fourth-order valence-electron chi connectivity index (χ4n) is 2.47. The third-order valence-corrected chi connectivity index (χ3v) is 4.03. The highest BCUT2D eigenvalue weighted by molar-refractivity contribution is 5.91. The first-order chi connectivity index (χ1) is 13.0. The first-order valence-electron chi connectivity index (χ1n) is 8.59. The van der Waals surface area contributed by atoms with Crippen molar-refractivity contribution in [1.29, 1.82) is 0 Å². The SMILES string of the molecule is Cc1ccc(C=Nc2cc(N=Cc3ccc(C)cc3)cc(C(=O)O)c2)cc1. The summed E-state index contributed by atoms with van der Waals surface area (Å²) in [5.41, 5.74) is 5.50. The fourth-order valence-corrected chi connectivity index (χ4v) is 2.47. The lowest BCUT2D eigenvalue weighted by Crippen LogP contribution is -1.95. The second-order valence-corrected chi connectivity index (χ2v) is 6.38. The minimum absolute atomic E-state index is 0.157. The number of carbonyl (C=O) groups is 1. The maximum absolute atomic E-state index is 11.4. The lowest BCUT2D eigenvalue weighted by molar-refractivity contribution is 0.0697. The van der Waals surface area contributed by atoms with Crippen LogP contribution in [0.5, 0.6) is 0 Å². The van der Waals surface area contributed by atoms with Crippen LogP contribution in [0.2, 0.25) is 0 Å². The number of benzene rings is 3. The van der Waals surface area contributed by atoms with Crippen molar-refractivity contribution in [3.63, 3.8) is 0 Å². The highest BCUT2D eigenvalue weighted by Gasteiger charge is 2.06. The van der Waals surface area contributed by atoms with Crippen molar-refractivity contribution in [2.75, 3.05) is 0 Å². The molecule has 134 valence electrons. The van der Waals surface area contributed by atoms with Gasteiger partial charge in [-0.3, -0.25) is 9.98 Å². The molecule has 0 unspecified atom stereocenters. The molecule has 0 bridgehead atoms. The number of aromatic carboxylic acids is 1. The lowest BCUT2D eigenvalue weighted by Gasteiger charge is -2.02. The molecule has 27 heavy (non-hydrogen) atoms. The first kappa shape index (κ1) is 18.3. The molecule has 0 aliphatic rings. The van der Waals surface area contributed by atoms with Gasteiger partial charge in [-0.15, -0.1) is 0 Å². The van der Waals surface area contributed by atoms with E-state index in [9.17, 15) is 9.90 Å². The van der Waals surface area contributed by atoms with Gasteiger partial charge in [0.1, 0.15) is 0 Å². The smallest absolute Gasteiger partial charge is 0.335 e. The summed E-state index contributed by atoms with van der Waals surface area (Å²) in [5, 5.41) is 9.36. The van der Waals surface area contributed by atoms with Crippen molar-refractivity contribution in [3.8, 4) is 0 Å². The summed E-state index contributed by atoms with van der Waals surface area (Å²) in [7, 11) is 0. The van der Waals surface area contributed by atoms with Crippen LogP contribution in [0.25, 0.3) is 0 Å². The van der Waals surface area contributed by atoms with Crippen molar-refractivity contribution in [1.82, 2.24) is 0 Å². The molecule has 0 atom stereocenters. The van der Waals surface area contributed by atoms with Gasteiger partial charge in [0.2, 0.25) is 0 Å². The van der Waals surface area contributed by atoms with Crippen LogP contribution >= 0.6 is 0 Å². The third kappa shape index (κ3) is 5.22. The van der Waals surface area contributed by atoms with Crippen molar-refractivity contribution < 1.29 is 9.90 Å². The van der Waals surface area contributed by atoms with Crippen molar-refractivity contribution in [3.05, 3.63) is 94.5 Å². The van der Waals surface area contributed by atoms with E-state index >= 15 is 0 Å². The molecule has 0 radical (unpaired) electrons. The monoisotopic (exact) mass is 356 g/mol. The predicted octanol–water partition coefficient (Wildman–Crippen LogP) is 5.50. The molecule has 0 saturated heterocycles. The number of nitrogens with zero attached hydrogens (tertiary/aromatic N) is 2. The average Bonchev–Trinajstić information content (AvgIpc) is 2.67. The van der Waals surface area contributed by atoms with E-state index in [0.717, 1.165) is 11.1 Å². The Balaban J connectivity index is 1.89. The maximum Gasteiger partial charge on any atom is 0.335 e. The standard InChI is InChI=1S/C23H20N2O2/c1-16-3-7-18(8-4-16)14-24-21-11-20(23(26)27)12-22(13-21)25-15-19-9-5-17(2)6-10-19/h3-15H,1-2H3,(H,26,27). The van der Waals surface area contributed by atoms with Crippen LogP contribution in [0.15, 0.2) is 76.7 Å². The zero-order valence-electron chi connectivity index (χ0n) is 15.3. The minimum atomic E-state index is -1.01. The van der Waals surface area contributed by atoms with E-state index < -0.39 is 5.97 Å². The van der Waals surface area contributed by atoms with Gasteiger partial charge in [0.15, 0.2) is 0 Å². The Morgan fingerprint density at radius 1 is 0.741 bits per heavy atom. The molecule has 0 aromatic heterocycles. The Kier molecular flexibility index (Phi) is 5.57. The summed E-state index contributed by atoms with van der Waals surface area (Å²) in [6.45, 7) is 4.05. The maximum atomic E-state index is 11.4. The van der Waals surface area contributed by atoms with Crippen LogP contribution < -0.4 is 0 Å². The number of aliphatic imine (C=N–C) groups is 2. The quantitative estimate of drug-likeness (QED) is 0.613. The lowest BCUT2D eigenvalue weighted by atomic mass is 10.1. The Morgan fingerprint density at radius 3 is 1.52 bits per heavy atom. The molecule has 0 fully saturated rings.